The summed E-state index contributed by atoms with van der Waals surface area (Å²) in [5, 5.41) is 6.23. The monoisotopic (exact) mass is 572 g/mol. The molecule has 0 atom stereocenters. The van der Waals surface area contributed by atoms with Gasteiger partial charge in [-0.1, -0.05) is 24.3 Å². The topological polar surface area (TPSA) is 66.0 Å². The molecule has 2 aromatic carbocycles. The molecule has 2 N–H and O–H groups in total. The second-order valence-corrected chi connectivity index (χ2v) is 7.55. The molecule has 1 aliphatic rings. The number of benzene rings is 2. The molecule has 1 amide bonds. The first-order valence-corrected chi connectivity index (χ1v) is 11.0. The fourth-order valence-corrected chi connectivity index (χ4v) is 3.55. The maximum Gasteiger partial charge on any atom is 0.222 e. The molecule has 0 spiro atoms. The Morgan fingerprint density at radius 3 is 2.70 bits per heavy atom. The summed E-state index contributed by atoms with van der Waals surface area (Å²) in [4.78, 5) is 19.0. The highest BCUT2D eigenvalue weighted by Gasteiger charge is 2.19. The number of guanidine groups is 1. The van der Waals surface area contributed by atoms with Crippen LogP contribution in [0.25, 0.3) is 0 Å². The first kappa shape index (κ1) is 26.8. The Morgan fingerprint density at radius 2 is 1.94 bits per heavy atom. The van der Waals surface area contributed by atoms with E-state index in [1.165, 1.54) is 17.2 Å². The van der Waals surface area contributed by atoms with Crippen molar-refractivity contribution >= 4 is 35.8 Å². The fourth-order valence-electron chi connectivity index (χ4n) is 3.55. The smallest absolute Gasteiger partial charge is 0.222 e. The number of halogens is 3. The maximum absolute atomic E-state index is 13.6. The minimum atomic E-state index is -0.729. The molecule has 0 radical (unpaired) electrons. The Labute approximate surface area is 210 Å². The largest absolute Gasteiger partial charge is 0.489 e. The predicted molar refractivity (Wildman–Crippen MR) is 136 cm³/mol. The summed E-state index contributed by atoms with van der Waals surface area (Å²) < 4.78 is 31.8. The molecule has 0 saturated carbocycles. The van der Waals surface area contributed by atoms with Gasteiger partial charge in [-0.2, -0.15) is 0 Å². The summed E-state index contributed by atoms with van der Waals surface area (Å²) in [6.07, 6.45) is 2.02. The number of hydrogen-bond acceptors (Lipinski definition) is 3. The van der Waals surface area contributed by atoms with E-state index < -0.39 is 11.6 Å². The van der Waals surface area contributed by atoms with Gasteiger partial charge in [0.25, 0.3) is 0 Å². The number of nitrogens with one attached hydrogen (secondary N) is 2. The van der Waals surface area contributed by atoms with Crippen LogP contribution < -0.4 is 15.4 Å². The van der Waals surface area contributed by atoms with Gasteiger partial charge in [0, 0.05) is 38.7 Å². The Bertz CT molecular complexity index is 942. The van der Waals surface area contributed by atoms with Crippen molar-refractivity contribution in [1.29, 1.82) is 0 Å². The summed E-state index contributed by atoms with van der Waals surface area (Å²) in [6.45, 7) is 5.19. The van der Waals surface area contributed by atoms with E-state index in [1.807, 2.05) is 24.0 Å². The number of fused-ring (bicyclic) bond motifs is 1. The Balaban J connectivity index is 0.00000385. The lowest BCUT2D eigenvalue weighted by atomic mass is 9.99. The van der Waals surface area contributed by atoms with Gasteiger partial charge in [-0.15, -0.1) is 24.0 Å². The number of rotatable bonds is 9. The van der Waals surface area contributed by atoms with Crippen molar-refractivity contribution in [2.75, 3.05) is 32.8 Å². The highest BCUT2D eigenvalue weighted by atomic mass is 127. The molecule has 0 aliphatic carbocycles. The fraction of sp³-hybridized carbons (Fsp3) is 0.417. The number of carbonyl (C=O) groups excluding carboxylic acids is 1. The van der Waals surface area contributed by atoms with Gasteiger partial charge < -0.3 is 20.3 Å². The molecule has 6 nitrogen and oxygen atoms in total. The van der Waals surface area contributed by atoms with E-state index in [0.717, 1.165) is 25.1 Å². The van der Waals surface area contributed by atoms with Crippen LogP contribution in [0.4, 0.5) is 8.78 Å². The van der Waals surface area contributed by atoms with Crippen molar-refractivity contribution in [3.63, 3.8) is 0 Å². The number of aliphatic imine (C=N–C) groups is 1. The van der Waals surface area contributed by atoms with Crippen LogP contribution in [-0.2, 0) is 17.8 Å². The van der Waals surface area contributed by atoms with E-state index in [9.17, 15) is 13.6 Å². The molecule has 3 rings (SSSR count). The van der Waals surface area contributed by atoms with Crippen molar-refractivity contribution in [3.8, 4) is 5.75 Å². The zero-order chi connectivity index (χ0) is 22.8. The Morgan fingerprint density at radius 1 is 1.15 bits per heavy atom. The molecule has 0 aromatic heterocycles. The van der Waals surface area contributed by atoms with E-state index >= 15 is 0 Å². The first-order chi connectivity index (χ1) is 15.6. The second-order valence-electron chi connectivity index (χ2n) is 7.55. The minimum absolute atomic E-state index is 0. The molecule has 33 heavy (non-hydrogen) atoms. The normalized spacial score (nSPS) is 13.1. The average molecular weight is 572 g/mol. The standard InChI is InChI=1S/C24H30F2N4O2.HI/c1-2-27-24(29-13-15-32-22-10-9-20(25)16-21(22)26)28-12-5-8-23(31)30-14-11-18-6-3-4-7-19(18)17-30;/h3-4,6-7,9-10,16H,2,5,8,11-15,17H2,1H3,(H2,27,28,29);1H. The van der Waals surface area contributed by atoms with Crippen LogP contribution >= 0.6 is 24.0 Å². The van der Waals surface area contributed by atoms with Gasteiger partial charge in [-0.05, 0) is 43.0 Å². The summed E-state index contributed by atoms with van der Waals surface area (Å²) in [5.41, 5.74) is 2.56. The molecule has 2 aromatic rings. The van der Waals surface area contributed by atoms with Crippen LogP contribution in [0.2, 0.25) is 0 Å². The highest BCUT2D eigenvalue weighted by molar-refractivity contribution is 14.0. The Kier molecular flexibility index (Phi) is 11.4. The van der Waals surface area contributed by atoms with Gasteiger partial charge in [-0.3, -0.25) is 9.79 Å². The van der Waals surface area contributed by atoms with Crippen LogP contribution in [0.1, 0.15) is 30.9 Å². The molecule has 1 aliphatic heterocycles. The predicted octanol–water partition coefficient (Wildman–Crippen LogP) is 3.88. The number of amides is 1. The van der Waals surface area contributed by atoms with Gasteiger partial charge in [-0.25, -0.2) is 8.78 Å². The average Bonchev–Trinajstić information content (AvgIpc) is 2.80. The summed E-state index contributed by atoms with van der Waals surface area (Å²) in [5.74, 6) is -0.600. The maximum atomic E-state index is 13.6. The van der Waals surface area contributed by atoms with Crippen molar-refractivity contribution in [2.24, 2.45) is 4.99 Å². The van der Waals surface area contributed by atoms with Crippen LogP contribution in [0.15, 0.2) is 47.5 Å². The zero-order valence-corrected chi connectivity index (χ0v) is 21.1. The number of carbonyl (C=O) groups is 1. The van der Waals surface area contributed by atoms with Crippen LogP contribution in [0, 0.1) is 11.6 Å². The van der Waals surface area contributed by atoms with Gasteiger partial charge in [0.1, 0.15) is 12.4 Å². The van der Waals surface area contributed by atoms with E-state index in [1.54, 1.807) is 0 Å². The van der Waals surface area contributed by atoms with E-state index in [2.05, 4.69) is 27.8 Å². The molecular weight excluding hydrogens is 541 g/mol. The van der Waals surface area contributed by atoms with E-state index in [0.29, 0.717) is 45.0 Å². The van der Waals surface area contributed by atoms with Crippen molar-refractivity contribution in [3.05, 3.63) is 65.2 Å². The number of nitrogens with zero attached hydrogens (tertiary/aromatic N) is 2. The summed E-state index contributed by atoms with van der Waals surface area (Å²) in [6, 6.07) is 11.5. The third-order valence-electron chi connectivity index (χ3n) is 5.19. The third-order valence-corrected chi connectivity index (χ3v) is 5.19. The second kappa shape index (κ2) is 14.0. The lowest BCUT2D eigenvalue weighted by molar-refractivity contribution is -0.132. The quantitative estimate of drug-likeness (QED) is 0.207. The highest BCUT2D eigenvalue weighted by Crippen LogP contribution is 2.19. The van der Waals surface area contributed by atoms with Gasteiger partial charge in [0.2, 0.25) is 5.91 Å². The third kappa shape index (κ3) is 8.45. The van der Waals surface area contributed by atoms with E-state index in [-0.39, 0.29) is 42.2 Å². The first-order valence-electron chi connectivity index (χ1n) is 11.0. The van der Waals surface area contributed by atoms with E-state index in [4.69, 9.17) is 4.74 Å². The van der Waals surface area contributed by atoms with Crippen molar-refractivity contribution in [2.45, 2.75) is 32.7 Å². The van der Waals surface area contributed by atoms with Crippen molar-refractivity contribution in [1.82, 2.24) is 15.5 Å². The lowest BCUT2D eigenvalue weighted by Gasteiger charge is -2.28. The van der Waals surface area contributed by atoms with Crippen LogP contribution in [-0.4, -0.2) is 49.6 Å². The number of ether oxygens (including phenoxy) is 1. The molecule has 1 heterocycles. The molecule has 180 valence electrons. The number of hydrogen-bond donors (Lipinski definition) is 2. The van der Waals surface area contributed by atoms with Gasteiger partial charge >= 0.3 is 0 Å². The summed E-state index contributed by atoms with van der Waals surface area (Å²) >= 11 is 0. The molecule has 0 bridgehead atoms. The Hall–Kier alpha value is -2.43. The molecular formula is C24H31F2IN4O2. The zero-order valence-electron chi connectivity index (χ0n) is 18.8. The van der Waals surface area contributed by atoms with Crippen LogP contribution in [0.3, 0.4) is 0 Å². The molecule has 0 fully saturated rings. The van der Waals surface area contributed by atoms with Gasteiger partial charge in [0.15, 0.2) is 17.5 Å². The molecule has 0 saturated heterocycles. The molecule has 9 heteroatoms. The SMILES string of the molecule is CCNC(=NCCCC(=O)N1CCc2ccccc2C1)NCCOc1ccc(F)cc1F.I. The van der Waals surface area contributed by atoms with Crippen LogP contribution in [0.5, 0.6) is 5.75 Å². The lowest BCUT2D eigenvalue weighted by Crippen LogP contribution is -2.39. The minimum Gasteiger partial charge on any atom is -0.489 e. The summed E-state index contributed by atoms with van der Waals surface area (Å²) in [7, 11) is 0. The van der Waals surface area contributed by atoms with Crippen molar-refractivity contribution < 1.29 is 18.3 Å². The van der Waals surface area contributed by atoms with Gasteiger partial charge in [0.05, 0.1) is 6.54 Å². The molecule has 0 unspecified atom stereocenters.